The molecular formula is C15H16N2O4. The van der Waals surface area contributed by atoms with Crippen molar-refractivity contribution in [2.24, 2.45) is 0 Å². The number of nitrogens with zero attached hydrogens (tertiary/aromatic N) is 1. The summed E-state index contributed by atoms with van der Waals surface area (Å²) in [4.78, 5) is 22.2. The molecule has 6 nitrogen and oxygen atoms in total. The number of hydrogen-bond acceptors (Lipinski definition) is 4. The Labute approximate surface area is 121 Å². The van der Waals surface area contributed by atoms with Gasteiger partial charge in [0.2, 0.25) is 0 Å². The van der Waals surface area contributed by atoms with Crippen molar-refractivity contribution in [1.29, 1.82) is 0 Å². The van der Waals surface area contributed by atoms with Gasteiger partial charge in [0.1, 0.15) is 5.76 Å². The van der Waals surface area contributed by atoms with Crippen LogP contribution in [0.2, 0.25) is 0 Å². The summed E-state index contributed by atoms with van der Waals surface area (Å²) in [5.41, 5.74) is 0.920. The summed E-state index contributed by atoms with van der Waals surface area (Å²) in [5, 5.41) is 13.5. The SMILES string of the molecule is Cc1cc(C(=O)NCCCc2ccco2)ccc1[N+](=O)[O-]. The van der Waals surface area contributed by atoms with Gasteiger partial charge in [-0.3, -0.25) is 14.9 Å². The van der Waals surface area contributed by atoms with Gasteiger partial charge in [-0.2, -0.15) is 0 Å². The molecule has 6 heteroatoms. The Morgan fingerprint density at radius 2 is 2.19 bits per heavy atom. The summed E-state index contributed by atoms with van der Waals surface area (Å²) in [6.45, 7) is 2.14. The topological polar surface area (TPSA) is 85.4 Å². The Hall–Kier alpha value is -2.63. The highest BCUT2D eigenvalue weighted by molar-refractivity contribution is 5.94. The normalized spacial score (nSPS) is 10.3. The van der Waals surface area contributed by atoms with E-state index >= 15 is 0 Å². The van der Waals surface area contributed by atoms with Gasteiger partial charge in [0.25, 0.3) is 11.6 Å². The Morgan fingerprint density at radius 1 is 1.38 bits per heavy atom. The first-order valence-corrected chi connectivity index (χ1v) is 6.63. The molecule has 0 aliphatic heterocycles. The Kier molecular flexibility index (Phi) is 4.71. The number of nitrogens with one attached hydrogen (secondary N) is 1. The molecule has 1 aromatic carbocycles. The molecule has 110 valence electrons. The van der Waals surface area contributed by atoms with Gasteiger partial charge in [-0.15, -0.1) is 0 Å². The molecule has 0 fully saturated rings. The first-order valence-electron chi connectivity index (χ1n) is 6.63. The molecule has 0 radical (unpaired) electrons. The van der Waals surface area contributed by atoms with Crippen LogP contribution in [-0.4, -0.2) is 17.4 Å². The van der Waals surface area contributed by atoms with Crippen LogP contribution < -0.4 is 5.32 Å². The van der Waals surface area contributed by atoms with Crippen LogP contribution in [0.25, 0.3) is 0 Å². The van der Waals surface area contributed by atoms with Crippen LogP contribution in [0.3, 0.4) is 0 Å². The minimum Gasteiger partial charge on any atom is -0.469 e. The third-order valence-corrected chi connectivity index (χ3v) is 3.12. The maximum atomic E-state index is 11.9. The smallest absolute Gasteiger partial charge is 0.272 e. The summed E-state index contributed by atoms with van der Waals surface area (Å²) in [6.07, 6.45) is 3.14. The third kappa shape index (κ3) is 3.92. The number of rotatable bonds is 6. The number of carbonyl (C=O) groups is 1. The van der Waals surface area contributed by atoms with E-state index in [9.17, 15) is 14.9 Å². The van der Waals surface area contributed by atoms with Crippen molar-refractivity contribution in [3.63, 3.8) is 0 Å². The highest BCUT2D eigenvalue weighted by Crippen LogP contribution is 2.18. The molecule has 2 rings (SSSR count). The number of benzene rings is 1. The lowest BCUT2D eigenvalue weighted by Crippen LogP contribution is -2.24. The van der Waals surface area contributed by atoms with Crippen LogP contribution in [0.15, 0.2) is 41.0 Å². The van der Waals surface area contributed by atoms with Gasteiger partial charge in [0.15, 0.2) is 0 Å². The highest BCUT2D eigenvalue weighted by atomic mass is 16.6. The zero-order chi connectivity index (χ0) is 15.2. The number of carbonyl (C=O) groups excluding carboxylic acids is 1. The third-order valence-electron chi connectivity index (χ3n) is 3.12. The number of aryl methyl sites for hydroxylation is 2. The van der Waals surface area contributed by atoms with Gasteiger partial charge in [-0.05, 0) is 37.6 Å². The molecular weight excluding hydrogens is 272 g/mol. The van der Waals surface area contributed by atoms with E-state index in [1.54, 1.807) is 13.2 Å². The zero-order valence-electron chi connectivity index (χ0n) is 11.7. The lowest BCUT2D eigenvalue weighted by molar-refractivity contribution is -0.385. The van der Waals surface area contributed by atoms with Crippen LogP contribution in [-0.2, 0) is 6.42 Å². The average molecular weight is 288 g/mol. The van der Waals surface area contributed by atoms with Crippen molar-refractivity contribution in [3.8, 4) is 0 Å². The van der Waals surface area contributed by atoms with E-state index in [2.05, 4.69) is 5.32 Å². The largest absolute Gasteiger partial charge is 0.469 e. The maximum Gasteiger partial charge on any atom is 0.272 e. The van der Waals surface area contributed by atoms with Crippen LogP contribution in [0.1, 0.15) is 28.1 Å². The van der Waals surface area contributed by atoms with Crippen molar-refractivity contribution >= 4 is 11.6 Å². The molecule has 0 spiro atoms. The molecule has 0 aliphatic carbocycles. The van der Waals surface area contributed by atoms with Gasteiger partial charge in [0, 0.05) is 30.2 Å². The number of nitro groups is 1. The second-order valence-electron chi connectivity index (χ2n) is 4.70. The zero-order valence-corrected chi connectivity index (χ0v) is 11.7. The van der Waals surface area contributed by atoms with Gasteiger partial charge in [0.05, 0.1) is 11.2 Å². The first-order chi connectivity index (χ1) is 10.1. The van der Waals surface area contributed by atoms with E-state index in [-0.39, 0.29) is 11.6 Å². The van der Waals surface area contributed by atoms with Gasteiger partial charge in [-0.25, -0.2) is 0 Å². The quantitative estimate of drug-likeness (QED) is 0.503. The fourth-order valence-electron chi connectivity index (χ4n) is 2.02. The summed E-state index contributed by atoms with van der Waals surface area (Å²) in [6, 6.07) is 8.06. The molecule has 0 atom stereocenters. The standard InChI is InChI=1S/C15H16N2O4/c1-11-10-12(6-7-14(11)17(19)20)15(18)16-8-2-4-13-5-3-9-21-13/h3,5-7,9-10H,2,4,8H2,1H3,(H,16,18). The molecule has 0 aliphatic rings. The fourth-order valence-corrected chi connectivity index (χ4v) is 2.02. The molecule has 21 heavy (non-hydrogen) atoms. The molecule has 1 N–H and O–H groups in total. The van der Waals surface area contributed by atoms with Gasteiger partial charge >= 0.3 is 0 Å². The number of hydrogen-bond donors (Lipinski definition) is 1. The van der Waals surface area contributed by atoms with Crippen molar-refractivity contribution in [1.82, 2.24) is 5.32 Å². The van der Waals surface area contributed by atoms with Crippen molar-refractivity contribution < 1.29 is 14.1 Å². The first kappa shape index (κ1) is 14.8. The van der Waals surface area contributed by atoms with Crippen LogP contribution >= 0.6 is 0 Å². The molecule has 1 amide bonds. The van der Waals surface area contributed by atoms with Gasteiger partial charge in [-0.1, -0.05) is 0 Å². The van der Waals surface area contributed by atoms with E-state index in [0.29, 0.717) is 17.7 Å². The predicted molar refractivity (Wildman–Crippen MR) is 77.2 cm³/mol. The molecule has 0 saturated heterocycles. The fraction of sp³-hybridized carbons (Fsp3) is 0.267. The summed E-state index contributed by atoms with van der Waals surface area (Å²) in [5.74, 6) is 0.655. The lowest BCUT2D eigenvalue weighted by atomic mass is 10.1. The lowest BCUT2D eigenvalue weighted by Gasteiger charge is -2.05. The second kappa shape index (κ2) is 6.69. The molecule has 0 saturated carbocycles. The highest BCUT2D eigenvalue weighted by Gasteiger charge is 2.13. The van der Waals surface area contributed by atoms with E-state index in [0.717, 1.165) is 18.6 Å². The number of amides is 1. The van der Waals surface area contributed by atoms with E-state index in [4.69, 9.17) is 4.42 Å². The van der Waals surface area contributed by atoms with Crippen LogP contribution in [0.5, 0.6) is 0 Å². The Morgan fingerprint density at radius 3 is 2.81 bits per heavy atom. The van der Waals surface area contributed by atoms with Crippen molar-refractivity contribution in [2.75, 3.05) is 6.54 Å². The monoisotopic (exact) mass is 288 g/mol. The average Bonchev–Trinajstić information content (AvgIpc) is 2.96. The molecule has 2 aromatic rings. The minimum atomic E-state index is -0.458. The van der Waals surface area contributed by atoms with Crippen LogP contribution in [0, 0.1) is 17.0 Å². The van der Waals surface area contributed by atoms with E-state index in [1.165, 1.54) is 18.2 Å². The van der Waals surface area contributed by atoms with E-state index < -0.39 is 4.92 Å². The summed E-state index contributed by atoms with van der Waals surface area (Å²) >= 11 is 0. The minimum absolute atomic E-state index is 0.0179. The molecule has 0 bridgehead atoms. The summed E-state index contributed by atoms with van der Waals surface area (Å²) in [7, 11) is 0. The molecule has 0 unspecified atom stereocenters. The summed E-state index contributed by atoms with van der Waals surface area (Å²) < 4.78 is 5.20. The van der Waals surface area contributed by atoms with Crippen molar-refractivity contribution in [3.05, 3.63) is 63.6 Å². The molecule has 1 heterocycles. The second-order valence-corrected chi connectivity index (χ2v) is 4.70. The number of nitro benzene ring substituents is 1. The molecule has 1 aromatic heterocycles. The maximum absolute atomic E-state index is 11.9. The van der Waals surface area contributed by atoms with E-state index in [1.807, 2.05) is 12.1 Å². The van der Waals surface area contributed by atoms with Crippen LogP contribution in [0.4, 0.5) is 5.69 Å². The van der Waals surface area contributed by atoms with Crippen molar-refractivity contribution in [2.45, 2.75) is 19.8 Å². The number of furan rings is 1. The Bertz CT molecular complexity index is 635. The predicted octanol–water partition coefficient (Wildman–Crippen LogP) is 2.86. The van der Waals surface area contributed by atoms with Gasteiger partial charge < -0.3 is 9.73 Å². The Balaban J connectivity index is 1.85.